The molecule has 144 valence electrons. The standard InChI is InChI=1S/C19H22N2O6/c1-11(16(23)12-4-8-14(26-3)9-5-12)27-15(22)10-21-17(24)19(2,13-6-7-13)20-18(21)25/h4-5,8-9,11,13H,6-7,10H2,1-3H3,(H,20,25)/t11-,19+/m0/s1. The lowest BCUT2D eigenvalue weighted by Gasteiger charge is -2.21. The summed E-state index contributed by atoms with van der Waals surface area (Å²) in [6.07, 6.45) is 0.698. The highest BCUT2D eigenvalue weighted by Crippen LogP contribution is 2.42. The Labute approximate surface area is 156 Å². The van der Waals surface area contributed by atoms with Gasteiger partial charge in [-0.15, -0.1) is 0 Å². The zero-order valence-corrected chi connectivity index (χ0v) is 15.5. The van der Waals surface area contributed by atoms with Crippen LogP contribution < -0.4 is 10.1 Å². The molecule has 1 aliphatic heterocycles. The molecule has 1 saturated heterocycles. The number of hydrogen-bond acceptors (Lipinski definition) is 6. The Hall–Kier alpha value is -2.90. The van der Waals surface area contributed by atoms with Crippen molar-refractivity contribution in [2.75, 3.05) is 13.7 Å². The van der Waals surface area contributed by atoms with E-state index in [9.17, 15) is 19.2 Å². The predicted molar refractivity (Wildman–Crippen MR) is 94.3 cm³/mol. The SMILES string of the molecule is COc1ccc(C(=O)[C@H](C)OC(=O)CN2C(=O)N[C@](C)(C3CC3)C2=O)cc1. The molecule has 0 aromatic heterocycles. The molecule has 1 aromatic rings. The van der Waals surface area contributed by atoms with Gasteiger partial charge in [-0.25, -0.2) is 4.79 Å². The molecule has 2 aliphatic rings. The maximum atomic E-state index is 12.5. The number of urea groups is 1. The van der Waals surface area contributed by atoms with Crippen molar-refractivity contribution in [1.82, 2.24) is 10.2 Å². The molecule has 0 spiro atoms. The first kappa shape index (κ1) is 18.9. The summed E-state index contributed by atoms with van der Waals surface area (Å²) in [6, 6.07) is 5.80. The summed E-state index contributed by atoms with van der Waals surface area (Å²) in [5.74, 6) is -0.918. The van der Waals surface area contributed by atoms with Crippen molar-refractivity contribution in [3.8, 4) is 5.75 Å². The molecule has 1 aliphatic carbocycles. The van der Waals surface area contributed by atoms with Gasteiger partial charge in [0.2, 0.25) is 5.78 Å². The van der Waals surface area contributed by atoms with E-state index in [4.69, 9.17) is 9.47 Å². The first-order valence-electron chi connectivity index (χ1n) is 8.78. The number of methoxy groups -OCH3 is 1. The molecule has 0 unspecified atom stereocenters. The van der Waals surface area contributed by atoms with Crippen LogP contribution in [-0.2, 0) is 14.3 Å². The van der Waals surface area contributed by atoms with Crippen molar-refractivity contribution in [1.29, 1.82) is 0 Å². The number of hydrogen-bond donors (Lipinski definition) is 1. The van der Waals surface area contributed by atoms with Crippen molar-refractivity contribution < 1.29 is 28.7 Å². The average molecular weight is 374 g/mol. The van der Waals surface area contributed by atoms with Crippen molar-refractivity contribution in [3.05, 3.63) is 29.8 Å². The Morgan fingerprint density at radius 3 is 2.44 bits per heavy atom. The highest BCUT2D eigenvalue weighted by molar-refractivity contribution is 6.09. The number of carbonyl (C=O) groups is 4. The van der Waals surface area contributed by atoms with Crippen LogP contribution in [0.3, 0.4) is 0 Å². The molecule has 0 radical (unpaired) electrons. The van der Waals surface area contributed by atoms with E-state index in [1.165, 1.54) is 14.0 Å². The number of Topliss-reactive ketones (excluding diaryl/α,β-unsaturated/α-hetero) is 1. The van der Waals surface area contributed by atoms with Crippen molar-refractivity contribution >= 4 is 23.7 Å². The van der Waals surface area contributed by atoms with Crippen LogP contribution in [0.5, 0.6) is 5.75 Å². The molecule has 2 fully saturated rings. The highest BCUT2D eigenvalue weighted by Gasteiger charge is 2.56. The fourth-order valence-corrected chi connectivity index (χ4v) is 3.20. The van der Waals surface area contributed by atoms with Crippen LogP contribution in [-0.4, -0.2) is 53.9 Å². The number of nitrogens with one attached hydrogen (secondary N) is 1. The molecular weight excluding hydrogens is 352 g/mol. The predicted octanol–water partition coefficient (Wildman–Crippen LogP) is 1.53. The summed E-state index contributed by atoms with van der Waals surface area (Å²) in [4.78, 5) is 50.0. The third-order valence-corrected chi connectivity index (χ3v) is 5.03. The largest absolute Gasteiger partial charge is 0.497 e. The van der Waals surface area contributed by atoms with E-state index in [1.54, 1.807) is 31.2 Å². The maximum Gasteiger partial charge on any atom is 0.326 e. The third-order valence-electron chi connectivity index (χ3n) is 5.03. The van der Waals surface area contributed by atoms with Crippen LogP contribution in [0.15, 0.2) is 24.3 Å². The van der Waals surface area contributed by atoms with Crippen molar-refractivity contribution in [3.63, 3.8) is 0 Å². The van der Waals surface area contributed by atoms with E-state index in [1.807, 2.05) is 0 Å². The summed E-state index contributed by atoms with van der Waals surface area (Å²) >= 11 is 0. The van der Waals surface area contributed by atoms with Crippen LogP contribution in [0.4, 0.5) is 4.79 Å². The average Bonchev–Trinajstić information content (AvgIpc) is 3.47. The van der Waals surface area contributed by atoms with Gasteiger partial charge in [-0.05, 0) is 56.9 Å². The number of ketones is 1. The molecular formula is C19H22N2O6. The highest BCUT2D eigenvalue weighted by atomic mass is 16.5. The normalized spacial score (nSPS) is 23.0. The van der Waals surface area contributed by atoms with Gasteiger partial charge < -0.3 is 14.8 Å². The first-order chi connectivity index (χ1) is 12.8. The Balaban J connectivity index is 1.59. The molecule has 2 atom stereocenters. The van der Waals surface area contributed by atoms with Gasteiger partial charge in [-0.1, -0.05) is 0 Å². The number of rotatable bonds is 7. The summed E-state index contributed by atoms with van der Waals surface area (Å²) in [5, 5.41) is 2.66. The van der Waals surface area contributed by atoms with Crippen LogP contribution in [0, 0.1) is 5.92 Å². The van der Waals surface area contributed by atoms with Crippen molar-refractivity contribution in [2.24, 2.45) is 5.92 Å². The molecule has 1 heterocycles. The van der Waals surface area contributed by atoms with Gasteiger partial charge >= 0.3 is 12.0 Å². The van der Waals surface area contributed by atoms with Gasteiger partial charge in [0.1, 0.15) is 17.8 Å². The fraction of sp³-hybridized carbons (Fsp3) is 0.474. The second kappa shape index (κ2) is 7.02. The Morgan fingerprint density at radius 2 is 1.89 bits per heavy atom. The zero-order valence-electron chi connectivity index (χ0n) is 15.5. The number of esters is 1. The maximum absolute atomic E-state index is 12.5. The number of benzene rings is 1. The lowest BCUT2D eigenvalue weighted by atomic mass is 9.96. The molecule has 3 rings (SSSR count). The van der Waals surface area contributed by atoms with E-state index in [2.05, 4.69) is 5.32 Å². The van der Waals surface area contributed by atoms with Gasteiger partial charge in [0, 0.05) is 5.56 Å². The summed E-state index contributed by atoms with van der Waals surface area (Å²) in [5.41, 5.74) is -0.588. The Kier molecular flexibility index (Phi) is 4.91. The van der Waals surface area contributed by atoms with E-state index >= 15 is 0 Å². The van der Waals surface area contributed by atoms with E-state index < -0.39 is 36.1 Å². The number of carbonyl (C=O) groups excluding carboxylic acids is 4. The third kappa shape index (κ3) is 3.65. The number of amides is 3. The molecule has 8 nitrogen and oxygen atoms in total. The first-order valence-corrected chi connectivity index (χ1v) is 8.78. The minimum absolute atomic E-state index is 0.102. The molecule has 1 saturated carbocycles. The van der Waals surface area contributed by atoms with Gasteiger partial charge in [0.15, 0.2) is 6.10 Å². The topological polar surface area (TPSA) is 102 Å². The second-order valence-corrected chi connectivity index (χ2v) is 7.02. The number of imide groups is 1. The van der Waals surface area contributed by atoms with Crippen LogP contribution in [0.2, 0.25) is 0 Å². The Bertz CT molecular complexity index is 786. The van der Waals surface area contributed by atoms with Crippen LogP contribution >= 0.6 is 0 Å². The minimum Gasteiger partial charge on any atom is -0.497 e. The lowest BCUT2D eigenvalue weighted by Crippen LogP contribution is -2.46. The summed E-state index contributed by atoms with van der Waals surface area (Å²) in [6.45, 7) is 2.60. The van der Waals surface area contributed by atoms with E-state index in [0.29, 0.717) is 11.3 Å². The molecule has 8 heteroatoms. The summed E-state index contributed by atoms with van der Waals surface area (Å²) in [7, 11) is 1.52. The monoisotopic (exact) mass is 374 g/mol. The quantitative estimate of drug-likeness (QED) is 0.441. The smallest absolute Gasteiger partial charge is 0.326 e. The van der Waals surface area contributed by atoms with Gasteiger partial charge in [-0.3, -0.25) is 19.3 Å². The van der Waals surface area contributed by atoms with Crippen LogP contribution in [0.25, 0.3) is 0 Å². The van der Waals surface area contributed by atoms with Gasteiger partial charge in [0.25, 0.3) is 5.91 Å². The van der Waals surface area contributed by atoms with E-state index in [0.717, 1.165) is 17.7 Å². The van der Waals surface area contributed by atoms with Gasteiger partial charge in [-0.2, -0.15) is 0 Å². The van der Waals surface area contributed by atoms with Crippen molar-refractivity contribution in [2.45, 2.75) is 38.3 Å². The fourth-order valence-electron chi connectivity index (χ4n) is 3.20. The molecule has 3 amide bonds. The van der Waals surface area contributed by atoms with Crippen LogP contribution in [0.1, 0.15) is 37.0 Å². The molecule has 1 aromatic carbocycles. The molecule has 1 N–H and O–H groups in total. The lowest BCUT2D eigenvalue weighted by molar-refractivity contribution is -0.150. The minimum atomic E-state index is -1.04. The van der Waals surface area contributed by atoms with Gasteiger partial charge in [0.05, 0.1) is 7.11 Å². The number of ether oxygens (including phenoxy) is 2. The Morgan fingerprint density at radius 1 is 1.26 bits per heavy atom. The second-order valence-electron chi connectivity index (χ2n) is 7.02. The van der Waals surface area contributed by atoms with E-state index in [-0.39, 0.29) is 11.7 Å². The zero-order chi connectivity index (χ0) is 19.8. The summed E-state index contributed by atoms with van der Waals surface area (Å²) < 4.78 is 10.2. The number of nitrogens with zero attached hydrogens (tertiary/aromatic N) is 1. The molecule has 0 bridgehead atoms. The molecule has 27 heavy (non-hydrogen) atoms.